The van der Waals surface area contributed by atoms with Crippen LogP contribution in [0.25, 0.3) is 0 Å². The minimum atomic E-state index is -0.547. The largest absolute Gasteiger partial charge is 0.370 e. The monoisotopic (exact) mass is 203 g/mol. The van der Waals surface area contributed by atoms with Crippen LogP contribution in [0.3, 0.4) is 0 Å². The van der Waals surface area contributed by atoms with Gasteiger partial charge in [0.15, 0.2) is 0 Å². The number of carbonyl (C=O) groups is 2. The lowest BCUT2D eigenvalue weighted by molar-refractivity contribution is -0.130. The molecule has 2 amide bonds. The highest BCUT2D eigenvalue weighted by Gasteiger charge is 2.13. The third kappa shape index (κ3) is 5.50. The lowest BCUT2D eigenvalue weighted by Crippen LogP contribution is -2.44. The number of nitrogens with one attached hydrogen (secondary N) is 2. The number of hydrogen-bond donors (Lipinski definition) is 3. The lowest BCUT2D eigenvalue weighted by atomic mass is 10.3. The van der Waals surface area contributed by atoms with Crippen LogP contribution in [0.5, 0.6) is 0 Å². The van der Waals surface area contributed by atoms with Crippen molar-refractivity contribution >= 4 is 11.8 Å². The van der Waals surface area contributed by atoms with Crippen molar-refractivity contribution in [1.82, 2.24) is 10.6 Å². The Labute approximate surface area is 83.2 Å². The standard InChI is InChI=1S/C8H17N3O3/c1-6(8(13)10-2)11-7(12)5-14-4-3-9/h6H,3-5,9H2,1-2H3,(H,10,13)(H,11,12). The number of carbonyl (C=O) groups excluding carboxylic acids is 2. The van der Waals surface area contributed by atoms with Gasteiger partial charge in [-0.1, -0.05) is 0 Å². The van der Waals surface area contributed by atoms with E-state index in [-0.39, 0.29) is 18.4 Å². The highest BCUT2D eigenvalue weighted by atomic mass is 16.5. The van der Waals surface area contributed by atoms with E-state index < -0.39 is 6.04 Å². The van der Waals surface area contributed by atoms with Crippen molar-refractivity contribution < 1.29 is 14.3 Å². The van der Waals surface area contributed by atoms with Crippen LogP contribution in [0.15, 0.2) is 0 Å². The molecule has 0 spiro atoms. The van der Waals surface area contributed by atoms with Crippen LogP contribution < -0.4 is 16.4 Å². The average Bonchev–Trinajstić information content (AvgIpc) is 2.16. The summed E-state index contributed by atoms with van der Waals surface area (Å²) in [6, 6.07) is -0.547. The molecule has 0 saturated carbocycles. The van der Waals surface area contributed by atoms with Gasteiger partial charge in [-0.25, -0.2) is 0 Å². The molecule has 6 heteroatoms. The van der Waals surface area contributed by atoms with E-state index in [1.165, 1.54) is 7.05 Å². The van der Waals surface area contributed by atoms with Crippen molar-refractivity contribution in [3.8, 4) is 0 Å². The molecule has 82 valence electrons. The maximum Gasteiger partial charge on any atom is 0.246 e. The molecular weight excluding hydrogens is 186 g/mol. The van der Waals surface area contributed by atoms with Gasteiger partial charge in [0.25, 0.3) is 0 Å². The quantitative estimate of drug-likeness (QED) is 0.444. The topological polar surface area (TPSA) is 93.5 Å². The Morgan fingerprint density at radius 3 is 2.64 bits per heavy atom. The second-order valence-corrected chi connectivity index (χ2v) is 2.74. The first-order valence-corrected chi connectivity index (χ1v) is 4.40. The first-order chi connectivity index (χ1) is 6.61. The zero-order valence-electron chi connectivity index (χ0n) is 8.50. The fourth-order valence-corrected chi connectivity index (χ4v) is 0.813. The van der Waals surface area contributed by atoms with E-state index in [9.17, 15) is 9.59 Å². The Morgan fingerprint density at radius 1 is 1.50 bits per heavy atom. The molecule has 6 nitrogen and oxygen atoms in total. The van der Waals surface area contributed by atoms with Crippen LogP contribution in [-0.4, -0.2) is 44.7 Å². The normalized spacial score (nSPS) is 11.9. The van der Waals surface area contributed by atoms with E-state index in [1.54, 1.807) is 6.92 Å². The summed E-state index contributed by atoms with van der Waals surface area (Å²) in [6.07, 6.45) is 0. The molecule has 0 aromatic carbocycles. The second-order valence-electron chi connectivity index (χ2n) is 2.74. The van der Waals surface area contributed by atoms with Crippen LogP contribution in [0.2, 0.25) is 0 Å². The van der Waals surface area contributed by atoms with E-state index in [0.29, 0.717) is 13.2 Å². The molecule has 0 aliphatic heterocycles. The molecular formula is C8H17N3O3. The minimum Gasteiger partial charge on any atom is -0.370 e. The summed E-state index contributed by atoms with van der Waals surface area (Å²) in [4.78, 5) is 22.1. The number of amides is 2. The Hall–Kier alpha value is -1.14. The van der Waals surface area contributed by atoms with Crippen molar-refractivity contribution in [3.05, 3.63) is 0 Å². The molecule has 0 bridgehead atoms. The minimum absolute atomic E-state index is 0.0709. The third-order valence-corrected chi connectivity index (χ3v) is 1.51. The lowest BCUT2D eigenvalue weighted by Gasteiger charge is -2.11. The predicted molar refractivity (Wildman–Crippen MR) is 51.5 cm³/mol. The summed E-state index contributed by atoms with van der Waals surface area (Å²) in [7, 11) is 1.51. The number of rotatable bonds is 6. The van der Waals surface area contributed by atoms with E-state index in [0.717, 1.165) is 0 Å². The van der Waals surface area contributed by atoms with Gasteiger partial charge in [-0.3, -0.25) is 9.59 Å². The molecule has 0 aromatic rings. The van der Waals surface area contributed by atoms with E-state index in [1.807, 2.05) is 0 Å². The van der Waals surface area contributed by atoms with Gasteiger partial charge in [-0.05, 0) is 6.92 Å². The van der Waals surface area contributed by atoms with Gasteiger partial charge in [0.05, 0.1) is 6.61 Å². The fourth-order valence-electron chi connectivity index (χ4n) is 0.813. The Bertz CT molecular complexity index is 196. The molecule has 0 aliphatic carbocycles. The number of hydrogen-bond acceptors (Lipinski definition) is 4. The van der Waals surface area contributed by atoms with Gasteiger partial charge >= 0.3 is 0 Å². The van der Waals surface area contributed by atoms with Crippen LogP contribution in [-0.2, 0) is 14.3 Å². The zero-order valence-corrected chi connectivity index (χ0v) is 8.50. The molecule has 0 aromatic heterocycles. The summed E-state index contributed by atoms with van der Waals surface area (Å²) in [5.74, 6) is -0.563. The van der Waals surface area contributed by atoms with Gasteiger partial charge in [0.1, 0.15) is 12.6 Å². The Morgan fingerprint density at radius 2 is 2.14 bits per heavy atom. The molecule has 14 heavy (non-hydrogen) atoms. The molecule has 1 unspecified atom stereocenters. The second kappa shape index (κ2) is 7.28. The van der Waals surface area contributed by atoms with Crippen molar-refractivity contribution in [1.29, 1.82) is 0 Å². The van der Waals surface area contributed by atoms with Gasteiger partial charge in [0, 0.05) is 13.6 Å². The van der Waals surface area contributed by atoms with Crippen LogP contribution >= 0.6 is 0 Å². The van der Waals surface area contributed by atoms with Gasteiger partial charge in [-0.15, -0.1) is 0 Å². The van der Waals surface area contributed by atoms with Crippen molar-refractivity contribution in [2.24, 2.45) is 5.73 Å². The summed E-state index contributed by atoms with van der Waals surface area (Å²) in [6.45, 7) is 2.23. The molecule has 0 radical (unpaired) electrons. The van der Waals surface area contributed by atoms with Crippen molar-refractivity contribution in [3.63, 3.8) is 0 Å². The highest BCUT2D eigenvalue weighted by molar-refractivity contribution is 5.87. The molecule has 4 N–H and O–H groups in total. The van der Waals surface area contributed by atoms with Gasteiger partial charge < -0.3 is 21.1 Å². The van der Waals surface area contributed by atoms with Gasteiger partial charge in [-0.2, -0.15) is 0 Å². The van der Waals surface area contributed by atoms with Crippen LogP contribution in [0.4, 0.5) is 0 Å². The number of likely N-dealkylation sites (N-methyl/N-ethyl adjacent to an activating group) is 1. The summed E-state index contributed by atoms with van der Waals surface area (Å²) >= 11 is 0. The summed E-state index contributed by atoms with van der Waals surface area (Å²) in [5, 5.41) is 4.90. The molecule has 0 rings (SSSR count). The Balaban J connectivity index is 3.65. The van der Waals surface area contributed by atoms with Crippen molar-refractivity contribution in [2.45, 2.75) is 13.0 Å². The smallest absolute Gasteiger partial charge is 0.246 e. The van der Waals surface area contributed by atoms with E-state index in [4.69, 9.17) is 10.5 Å². The van der Waals surface area contributed by atoms with Crippen LogP contribution in [0, 0.1) is 0 Å². The molecule has 0 aliphatic rings. The molecule has 0 heterocycles. The molecule has 0 fully saturated rings. The number of ether oxygens (including phenoxy) is 1. The molecule has 1 atom stereocenters. The predicted octanol–water partition coefficient (Wildman–Crippen LogP) is -1.79. The highest BCUT2D eigenvalue weighted by Crippen LogP contribution is 1.82. The number of nitrogens with two attached hydrogens (primary N) is 1. The summed E-state index contributed by atoms with van der Waals surface area (Å²) in [5.41, 5.74) is 5.16. The first-order valence-electron chi connectivity index (χ1n) is 4.40. The SMILES string of the molecule is CNC(=O)C(C)NC(=O)COCCN. The fraction of sp³-hybridized carbons (Fsp3) is 0.750. The first kappa shape index (κ1) is 12.9. The van der Waals surface area contributed by atoms with E-state index in [2.05, 4.69) is 10.6 Å². The molecule has 0 saturated heterocycles. The van der Waals surface area contributed by atoms with Crippen molar-refractivity contribution in [2.75, 3.05) is 26.8 Å². The van der Waals surface area contributed by atoms with Crippen LogP contribution in [0.1, 0.15) is 6.92 Å². The average molecular weight is 203 g/mol. The van der Waals surface area contributed by atoms with E-state index >= 15 is 0 Å². The maximum absolute atomic E-state index is 11.1. The summed E-state index contributed by atoms with van der Waals surface area (Å²) < 4.78 is 4.89. The maximum atomic E-state index is 11.1. The zero-order chi connectivity index (χ0) is 11.0. The third-order valence-electron chi connectivity index (χ3n) is 1.51. The Kier molecular flexibility index (Phi) is 6.69. The van der Waals surface area contributed by atoms with Gasteiger partial charge in [0.2, 0.25) is 11.8 Å².